The number of halogens is 4. The summed E-state index contributed by atoms with van der Waals surface area (Å²) in [4.78, 5) is 17.5. The van der Waals surface area contributed by atoms with E-state index >= 15 is 0 Å². The molecule has 0 aliphatic rings. The van der Waals surface area contributed by atoms with Gasteiger partial charge in [-0.2, -0.15) is 0 Å². The number of nitrogen functional groups attached to an aromatic ring is 1. The van der Waals surface area contributed by atoms with Crippen LogP contribution in [0.1, 0.15) is 16.1 Å². The second-order valence-corrected chi connectivity index (χ2v) is 7.88. The maximum Gasteiger partial charge on any atom is 0.358 e. The average molecular weight is 485 g/mol. The number of hydrogen-bond donors (Lipinski definition) is 1. The number of benzene rings is 2. The Balaban J connectivity index is 1.96. The Kier molecular flexibility index (Phi) is 7.25. The minimum atomic E-state index is -1.09. The van der Waals surface area contributed by atoms with Crippen LogP contribution in [0.3, 0.4) is 0 Å². The lowest BCUT2D eigenvalue weighted by molar-refractivity contribution is 0.0466. The second-order valence-electron chi connectivity index (χ2n) is 6.22. The summed E-state index contributed by atoms with van der Waals surface area (Å²) in [5, 5.41) is -0.441. The molecule has 0 amide bonds. The number of esters is 1. The maximum atomic E-state index is 14.8. The van der Waals surface area contributed by atoms with Gasteiger partial charge in [-0.15, -0.1) is 11.8 Å². The first-order valence-electron chi connectivity index (χ1n) is 8.75. The number of rotatable bonds is 6. The van der Waals surface area contributed by atoms with Crippen LogP contribution in [0.15, 0.2) is 41.3 Å². The number of hydrogen-bond acceptors (Lipinski definition) is 6. The average Bonchev–Trinajstić information content (AvgIpc) is 2.77. The molecule has 31 heavy (non-hydrogen) atoms. The fraction of sp³-hybridized carbons (Fsp3) is 0.143. The van der Waals surface area contributed by atoms with Gasteiger partial charge in [-0.3, -0.25) is 0 Å². The molecule has 0 radical (unpaired) electrons. The van der Waals surface area contributed by atoms with Crippen LogP contribution in [0.4, 0.5) is 14.5 Å². The smallest absolute Gasteiger partial charge is 0.358 e. The fourth-order valence-corrected chi connectivity index (χ4v) is 3.55. The monoisotopic (exact) mass is 484 g/mol. The molecule has 3 aromatic rings. The van der Waals surface area contributed by atoms with Crippen LogP contribution in [0.2, 0.25) is 10.0 Å². The summed E-state index contributed by atoms with van der Waals surface area (Å²) in [5.41, 5.74) is 4.62. The Morgan fingerprint density at radius 2 is 1.81 bits per heavy atom. The van der Waals surface area contributed by atoms with E-state index in [4.69, 9.17) is 38.4 Å². The third kappa shape index (κ3) is 4.71. The van der Waals surface area contributed by atoms with Gasteiger partial charge in [0, 0.05) is 10.5 Å². The molecule has 0 saturated heterocycles. The largest absolute Gasteiger partial charge is 0.492 e. The number of thioether (sulfide) groups is 1. The van der Waals surface area contributed by atoms with Gasteiger partial charge in [-0.1, -0.05) is 35.3 Å². The molecule has 3 rings (SSSR count). The lowest BCUT2D eigenvalue weighted by atomic mass is 10.1. The summed E-state index contributed by atoms with van der Waals surface area (Å²) in [6.45, 7) is -0.0682. The fourth-order valence-electron chi connectivity index (χ4n) is 2.72. The SMILES string of the molecule is COc1c(Cl)ccc(-c2nc(C(=O)OCc3ccc(SC)cc3)c(Cl)c(N)c2F)c1F. The number of nitrogens with zero attached hydrogens (tertiary/aromatic N) is 1. The van der Waals surface area contributed by atoms with Gasteiger partial charge in [0.25, 0.3) is 0 Å². The van der Waals surface area contributed by atoms with Crippen molar-refractivity contribution >= 4 is 46.6 Å². The zero-order valence-electron chi connectivity index (χ0n) is 16.3. The van der Waals surface area contributed by atoms with E-state index < -0.39 is 39.7 Å². The van der Waals surface area contributed by atoms with Gasteiger partial charge >= 0.3 is 5.97 Å². The highest BCUT2D eigenvalue weighted by atomic mass is 35.5. The molecule has 1 aromatic heterocycles. The number of carbonyl (C=O) groups excluding carboxylic acids is 1. The van der Waals surface area contributed by atoms with Crippen LogP contribution in [-0.4, -0.2) is 24.3 Å². The van der Waals surface area contributed by atoms with E-state index in [-0.39, 0.29) is 22.9 Å². The normalized spacial score (nSPS) is 10.8. The molecule has 2 N–H and O–H groups in total. The van der Waals surface area contributed by atoms with E-state index in [0.717, 1.165) is 10.5 Å². The second kappa shape index (κ2) is 9.72. The first-order chi connectivity index (χ1) is 14.8. The summed E-state index contributed by atoms with van der Waals surface area (Å²) in [7, 11) is 1.21. The zero-order chi connectivity index (χ0) is 22.7. The molecule has 0 fully saturated rings. The number of ether oxygens (including phenoxy) is 2. The van der Waals surface area contributed by atoms with Crippen molar-refractivity contribution in [1.29, 1.82) is 0 Å². The van der Waals surface area contributed by atoms with Crippen molar-refractivity contribution in [2.24, 2.45) is 0 Å². The van der Waals surface area contributed by atoms with E-state index in [1.165, 1.54) is 19.2 Å². The first kappa shape index (κ1) is 23.1. The molecule has 0 spiro atoms. The molecule has 0 aliphatic heterocycles. The Hall–Kier alpha value is -2.55. The summed E-state index contributed by atoms with van der Waals surface area (Å²) >= 11 is 13.5. The predicted octanol–water partition coefficient (Wildman–Crippen LogP) is 6.00. The summed E-state index contributed by atoms with van der Waals surface area (Å²) in [5.74, 6) is -3.28. The topological polar surface area (TPSA) is 74.4 Å². The van der Waals surface area contributed by atoms with Crippen LogP contribution in [-0.2, 0) is 11.3 Å². The number of pyridine rings is 1. The van der Waals surface area contributed by atoms with E-state index in [2.05, 4.69) is 4.98 Å². The molecule has 10 heteroatoms. The third-order valence-corrected chi connectivity index (χ3v) is 5.77. The molecule has 0 atom stereocenters. The molecule has 0 unspecified atom stereocenters. The number of carbonyl (C=O) groups is 1. The minimum Gasteiger partial charge on any atom is -0.492 e. The van der Waals surface area contributed by atoms with Gasteiger partial charge in [-0.25, -0.2) is 18.6 Å². The van der Waals surface area contributed by atoms with Crippen molar-refractivity contribution in [2.45, 2.75) is 11.5 Å². The van der Waals surface area contributed by atoms with Gasteiger partial charge < -0.3 is 15.2 Å². The quantitative estimate of drug-likeness (QED) is 0.341. The zero-order valence-corrected chi connectivity index (χ0v) is 18.7. The van der Waals surface area contributed by atoms with Crippen molar-refractivity contribution in [3.05, 3.63) is 69.3 Å². The Labute approximate surface area is 191 Å². The lowest BCUT2D eigenvalue weighted by Crippen LogP contribution is -2.12. The van der Waals surface area contributed by atoms with Crippen molar-refractivity contribution in [1.82, 2.24) is 4.98 Å². The highest BCUT2D eigenvalue weighted by Gasteiger charge is 2.26. The van der Waals surface area contributed by atoms with Gasteiger partial charge in [0.1, 0.15) is 12.3 Å². The molecule has 5 nitrogen and oxygen atoms in total. The van der Waals surface area contributed by atoms with Crippen molar-refractivity contribution < 1.29 is 23.0 Å². The molecule has 0 saturated carbocycles. The summed E-state index contributed by atoms with van der Waals surface area (Å²) in [6.07, 6.45) is 1.94. The van der Waals surface area contributed by atoms with Gasteiger partial charge in [0.15, 0.2) is 23.1 Å². The molecular formula is C21H16Cl2F2N2O3S. The highest BCUT2D eigenvalue weighted by molar-refractivity contribution is 7.98. The summed E-state index contributed by atoms with van der Waals surface area (Å²) < 4.78 is 39.7. The number of aromatic nitrogens is 1. The summed E-state index contributed by atoms with van der Waals surface area (Å²) in [6, 6.07) is 9.86. The van der Waals surface area contributed by atoms with Crippen LogP contribution in [0.5, 0.6) is 5.75 Å². The van der Waals surface area contributed by atoms with E-state index in [0.29, 0.717) is 0 Å². The number of anilines is 1. The highest BCUT2D eigenvalue weighted by Crippen LogP contribution is 2.38. The molecule has 0 bridgehead atoms. The standard InChI is InChI=1S/C21H16Cl2F2N2O3S/c1-29-20-13(22)8-7-12(15(20)24)18-16(25)17(26)14(23)19(27-18)21(28)30-9-10-3-5-11(31-2)6-4-10/h3-8H,9H2,1-2H3,(H2,26,27). The number of methoxy groups -OCH3 is 1. The molecule has 2 aromatic carbocycles. The lowest BCUT2D eigenvalue weighted by Gasteiger charge is -2.13. The van der Waals surface area contributed by atoms with Crippen LogP contribution in [0.25, 0.3) is 11.3 Å². The van der Waals surface area contributed by atoms with Crippen LogP contribution in [0, 0.1) is 11.6 Å². The Bertz CT molecular complexity index is 1140. The van der Waals surface area contributed by atoms with Gasteiger partial charge in [0.05, 0.1) is 22.8 Å². The van der Waals surface area contributed by atoms with Crippen LogP contribution < -0.4 is 10.5 Å². The van der Waals surface area contributed by atoms with Crippen molar-refractivity contribution in [3.8, 4) is 17.0 Å². The van der Waals surface area contributed by atoms with Crippen molar-refractivity contribution in [3.63, 3.8) is 0 Å². The molecular weight excluding hydrogens is 469 g/mol. The number of nitrogens with two attached hydrogens (primary N) is 1. The van der Waals surface area contributed by atoms with Crippen molar-refractivity contribution in [2.75, 3.05) is 19.1 Å². The molecule has 1 heterocycles. The third-order valence-electron chi connectivity index (χ3n) is 4.34. The molecule has 0 aliphatic carbocycles. The maximum absolute atomic E-state index is 14.8. The predicted molar refractivity (Wildman–Crippen MR) is 118 cm³/mol. The first-order valence-corrected chi connectivity index (χ1v) is 10.7. The molecule has 162 valence electrons. The van der Waals surface area contributed by atoms with E-state index in [1.807, 2.05) is 18.4 Å². The van der Waals surface area contributed by atoms with Gasteiger partial charge in [0.2, 0.25) is 0 Å². The Morgan fingerprint density at radius 3 is 2.42 bits per heavy atom. The van der Waals surface area contributed by atoms with E-state index in [9.17, 15) is 13.6 Å². The van der Waals surface area contributed by atoms with Gasteiger partial charge in [-0.05, 0) is 36.1 Å². The minimum absolute atomic E-state index is 0.0155. The Morgan fingerprint density at radius 1 is 1.13 bits per heavy atom. The van der Waals surface area contributed by atoms with E-state index in [1.54, 1.807) is 23.9 Å². The van der Waals surface area contributed by atoms with Crippen LogP contribution >= 0.6 is 35.0 Å².